The number of fused-ring (bicyclic) bond motifs is 1. The van der Waals surface area contributed by atoms with Crippen molar-refractivity contribution in [2.75, 3.05) is 0 Å². The average Bonchev–Trinajstić information content (AvgIpc) is 2.25. The van der Waals surface area contributed by atoms with Gasteiger partial charge in [-0.2, -0.15) is 0 Å². The van der Waals surface area contributed by atoms with Crippen LogP contribution in [-0.4, -0.2) is 0 Å². The summed E-state index contributed by atoms with van der Waals surface area (Å²) in [6.07, 6.45) is 0. The summed E-state index contributed by atoms with van der Waals surface area (Å²) in [7, 11) is 0. The Kier molecular flexibility index (Phi) is 3.44. The van der Waals surface area contributed by atoms with E-state index in [0.29, 0.717) is 0 Å². The lowest BCUT2D eigenvalue weighted by molar-refractivity contribution is 0.527. The minimum atomic E-state index is -0.101. The van der Waals surface area contributed by atoms with Crippen LogP contribution in [0.15, 0.2) is 24.3 Å². The molecule has 0 aliphatic heterocycles. The third kappa shape index (κ3) is 2.46. The molecular weight excluding hydrogens is 247 g/mol. The number of rotatable bonds is 0. The van der Waals surface area contributed by atoms with Gasteiger partial charge in [-0.05, 0) is 45.9 Å². The molecule has 0 unspecified atom stereocenters. The summed E-state index contributed by atoms with van der Waals surface area (Å²) < 4.78 is 14.6. The Labute approximate surface area is 122 Å². The molecule has 0 bridgehead atoms. The second-order valence-corrected chi connectivity index (χ2v) is 7.78. The van der Waals surface area contributed by atoms with Crippen LogP contribution in [0.25, 0.3) is 10.8 Å². The predicted octanol–water partition coefficient (Wildman–Crippen LogP) is 5.88. The molecule has 0 saturated heterocycles. The Morgan fingerprint density at radius 2 is 1.50 bits per heavy atom. The van der Waals surface area contributed by atoms with E-state index in [9.17, 15) is 4.39 Å². The zero-order chi connectivity index (χ0) is 15.3. The monoisotopic (exact) mass is 272 g/mol. The maximum Gasteiger partial charge on any atom is 0.131 e. The molecule has 0 radical (unpaired) electrons. The smallest absolute Gasteiger partial charge is 0.131 e. The van der Waals surface area contributed by atoms with E-state index in [1.54, 1.807) is 6.07 Å². The van der Waals surface area contributed by atoms with Gasteiger partial charge in [-0.25, -0.2) is 4.39 Å². The van der Waals surface area contributed by atoms with E-state index in [-0.39, 0.29) is 16.6 Å². The molecule has 0 aliphatic rings. The van der Waals surface area contributed by atoms with E-state index in [2.05, 4.69) is 47.6 Å². The first kappa shape index (κ1) is 15.0. The van der Waals surface area contributed by atoms with Crippen molar-refractivity contribution in [1.82, 2.24) is 0 Å². The van der Waals surface area contributed by atoms with Crippen LogP contribution in [0.1, 0.15) is 58.2 Å². The highest BCUT2D eigenvalue weighted by Gasteiger charge is 2.28. The van der Waals surface area contributed by atoms with Gasteiger partial charge in [0.25, 0.3) is 0 Å². The third-order valence-electron chi connectivity index (χ3n) is 3.88. The van der Waals surface area contributed by atoms with Gasteiger partial charge in [-0.1, -0.05) is 59.7 Å². The lowest BCUT2D eigenvalue weighted by atomic mass is 9.73. The first-order chi connectivity index (χ1) is 9.03. The number of hydrogen-bond donors (Lipinski definition) is 0. The minimum Gasteiger partial charge on any atom is -0.206 e. The van der Waals surface area contributed by atoms with Crippen molar-refractivity contribution in [3.63, 3.8) is 0 Å². The molecule has 0 amide bonds. The fourth-order valence-electron chi connectivity index (χ4n) is 3.01. The van der Waals surface area contributed by atoms with Gasteiger partial charge in [0.1, 0.15) is 5.82 Å². The molecule has 1 heteroatoms. The molecule has 0 spiro atoms. The van der Waals surface area contributed by atoms with Crippen molar-refractivity contribution >= 4 is 10.8 Å². The summed E-state index contributed by atoms with van der Waals surface area (Å²) >= 11 is 0. The Morgan fingerprint density at radius 3 is 2.00 bits per heavy atom. The maximum atomic E-state index is 14.6. The summed E-state index contributed by atoms with van der Waals surface area (Å²) in [5.41, 5.74) is 3.31. The minimum absolute atomic E-state index is 0.0116. The molecule has 0 nitrogen and oxygen atoms in total. The van der Waals surface area contributed by atoms with E-state index in [1.807, 2.05) is 19.1 Å². The Morgan fingerprint density at radius 1 is 0.900 bits per heavy atom. The van der Waals surface area contributed by atoms with Crippen LogP contribution in [0.5, 0.6) is 0 Å². The SMILES string of the molecule is Cc1cccc2c(C(C)(C)C)c(C(C)(C)C)cc(F)c12. The lowest BCUT2D eigenvalue weighted by Gasteiger charge is -2.32. The summed E-state index contributed by atoms with van der Waals surface area (Å²) in [6, 6.07) is 7.81. The van der Waals surface area contributed by atoms with Gasteiger partial charge >= 0.3 is 0 Å². The average molecular weight is 272 g/mol. The highest BCUT2D eigenvalue weighted by molar-refractivity contribution is 5.91. The molecule has 108 valence electrons. The Hall–Kier alpha value is -1.37. The molecule has 20 heavy (non-hydrogen) atoms. The highest BCUT2D eigenvalue weighted by Crippen LogP contribution is 2.40. The fourth-order valence-corrected chi connectivity index (χ4v) is 3.01. The van der Waals surface area contributed by atoms with Gasteiger partial charge in [0.15, 0.2) is 0 Å². The van der Waals surface area contributed by atoms with E-state index >= 15 is 0 Å². The van der Waals surface area contributed by atoms with Crippen LogP contribution < -0.4 is 0 Å². The second-order valence-electron chi connectivity index (χ2n) is 7.78. The summed E-state index contributed by atoms with van der Waals surface area (Å²) in [5, 5.41) is 1.83. The molecule has 2 rings (SSSR count). The molecule has 2 aromatic rings. The zero-order valence-electron chi connectivity index (χ0n) is 13.7. The second kappa shape index (κ2) is 4.58. The Balaban J connectivity index is 3.04. The normalized spacial score (nSPS) is 13.0. The van der Waals surface area contributed by atoms with E-state index in [4.69, 9.17) is 0 Å². The van der Waals surface area contributed by atoms with Crippen LogP contribution in [0, 0.1) is 12.7 Å². The number of benzene rings is 2. The van der Waals surface area contributed by atoms with E-state index < -0.39 is 0 Å². The van der Waals surface area contributed by atoms with E-state index in [1.165, 1.54) is 5.56 Å². The fraction of sp³-hybridized carbons (Fsp3) is 0.474. The molecule has 0 heterocycles. The standard InChI is InChI=1S/C19H25F/c1-12-9-8-10-13-16(12)15(20)11-14(18(2,3)4)17(13)19(5,6)7/h8-11H,1-7H3. The zero-order valence-corrected chi connectivity index (χ0v) is 13.7. The van der Waals surface area contributed by atoms with Crippen LogP contribution in [0.2, 0.25) is 0 Å². The van der Waals surface area contributed by atoms with Crippen molar-refractivity contribution in [3.8, 4) is 0 Å². The van der Waals surface area contributed by atoms with Crippen molar-refractivity contribution in [2.45, 2.75) is 59.3 Å². The van der Waals surface area contributed by atoms with Crippen molar-refractivity contribution < 1.29 is 4.39 Å². The molecule has 0 atom stereocenters. The molecule has 0 fully saturated rings. The highest BCUT2D eigenvalue weighted by atomic mass is 19.1. The van der Waals surface area contributed by atoms with Gasteiger partial charge in [0.2, 0.25) is 0 Å². The molecule has 0 aromatic heterocycles. The molecule has 0 aliphatic carbocycles. The Bertz CT molecular complexity index is 652. The van der Waals surface area contributed by atoms with Crippen LogP contribution in [-0.2, 0) is 10.8 Å². The van der Waals surface area contributed by atoms with Gasteiger partial charge in [-0.15, -0.1) is 0 Å². The first-order valence-electron chi connectivity index (χ1n) is 7.26. The molecule has 2 aromatic carbocycles. The number of halogens is 1. The molecule has 0 N–H and O–H groups in total. The van der Waals surface area contributed by atoms with Crippen molar-refractivity contribution in [2.24, 2.45) is 0 Å². The van der Waals surface area contributed by atoms with Gasteiger partial charge in [-0.3, -0.25) is 0 Å². The van der Waals surface area contributed by atoms with E-state index in [0.717, 1.165) is 21.9 Å². The van der Waals surface area contributed by atoms with Crippen LogP contribution in [0.3, 0.4) is 0 Å². The topological polar surface area (TPSA) is 0 Å². The summed E-state index contributed by atoms with van der Waals surface area (Å²) in [4.78, 5) is 0. The first-order valence-corrected chi connectivity index (χ1v) is 7.26. The molecule has 0 saturated carbocycles. The predicted molar refractivity (Wildman–Crippen MR) is 86.0 cm³/mol. The summed E-state index contributed by atoms with van der Waals surface area (Å²) in [5.74, 6) is -0.101. The van der Waals surface area contributed by atoms with Crippen molar-refractivity contribution in [3.05, 3.63) is 46.8 Å². The van der Waals surface area contributed by atoms with Gasteiger partial charge < -0.3 is 0 Å². The maximum absolute atomic E-state index is 14.6. The third-order valence-corrected chi connectivity index (χ3v) is 3.88. The van der Waals surface area contributed by atoms with Crippen LogP contribution in [0.4, 0.5) is 4.39 Å². The van der Waals surface area contributed by atoms with Crippen LogP contribution >= 0.6 is 0 Å². The van der Waals surface area contributed by atoms with Crippen molar-refractivity contribution in [1.29, 1.82) is 0 Å². The quantitative estimate of drug-likeness (QED) is 0.561. The van der Waals surface area contributed by atoms with Gasteiger partial charge in [0, 0.05) is 5.39 Å². The lowest BCUT2D eigenvalue weighted by Crippen LogP contribution is -2.23. The molecular formula is C19H25F. The number of hydrogen-bond acceptors (Lipinski definition) is 0. The number of aryl methyl sites for hydroxylation is 1. The summed E-state index contributed by atoms with van der Waals surface area (Å²) in [6.45, 7) is 15.1. The largest absolute Gasteiger partial charge is 0.206 e. The van der Waals surface area contributed by atoms with Gasteiger partial charge in [0.05, 0.1) is 0 Å².